The summed E-state index contributed by atoms with van der Waals surface area (Å²) in [6.07, 6.45) is 1.76. The summed E-state index contributed by atoms with van der Waals surface area (Å²) in [4.78, 5) is 12.0. The Kier molecular flexibility index (Phi) is 2.29. The molecule has 0 aliphatic heterocycles. The summed E-state index contributed by atoms with van der Waals surface area (Å²) in [6.45, 7) is 2.09. The quantitative estimate of drug-likeness (QED) is 0.742. The number of hydrogen-bond acceptors (Lipinski definition) is 3. The van der Waals surface area contributed by atoms with Crippen LogP contribution < -0.4 is 0 Å². The number of thiophene rings is 1. The van der Waals surface area contributed by atoms with Crippen molar-refractivity contribution in [2.75, 3.05) is 0 Å². The minimum absolute atomic E-state index is 0.754. The molecule has 0 atom stereocenters. The standard InChI is InChI=1S/C11H8BrN3S/c1-6-4-16-5-8(6)10-14-9-2-7(12)3-13-11(9)15-10/h2-5H,1H3,(H,13,14,15). The van der Waals surface area contributed by atoms with Crippen molar-refractivity contribution in [2.45, 2.75) is 6.92 Å². The second-order valence-electron chi connectivity index (χ2n) is 3.58. The largest absolute Gasteiger partial charge is 0.337 e. The first kappa shape index (κ1) is 9.99. The molecule has 0 saturated carbocycles. The van der Waals surface area contributed by atoms with E-state index < -0.39 is 0 Å². The Bertz CT molecular complexity index is 656. The van der Waals surface area contributed by atoms with Gasteiger partial charge in [-0.15, -0.1) is 0 Å². The maximum Gasteiger partial charge on any atom is 0.178 e. The average molecular weight is 294 g/mol. The van der Waals surface area contributed by atoms with Crippen molar-refractivity contribution in [1.29, 1.82) is 0 Å². The lowest BCUT2D eigenvalue weighted by Gasteiger charge is -1.92. The summed E-state index contributed by atoms with van der Waals surface area (Å²) in [7, 11) is 0. The summed E-state index contributed by atoms with van der Waals surface area (Å²) >= 11 is 5.08. The Morgan fingerprint density at radius 1 is 1.38 bits per heavy atom. The zero-order chi connectivity index (χ0) is 11.1. The highest BCUT2D eigenvalue weighted by Gasteiger charge is 2.09. The van der Waals surface area contributed by atoms with Crippen LogP contribution in [0.2, 0.25) is 0 Å². The first-order valence-electron chi connectivity index (χ1n) is 4.78. The van der Waals surface area contributed by atoms with E-state index in [4.69, 9.17) is 0 Å². The number of nitrogens with one attached hydrogen (secondary N) is 1. The van der Waals surface area contributed by atoms with E-state index in [9.17, 15) is 0 Å². The topological polar surface area (TPSA) is 41.6 Å². The SMILES string of the molecule is Cc1cscc1-c1nc2ncc(Br)cc2[nH]1. The highest BCUT2D eigenvalue weighted by atomic mass is 79.9. The van der Waals surface area contributed by atoms with Gasteiger partial charge in [-0.05, 0) is 39.9 Å². The Balaban J connectivity index is 2.23. The van der Waals surface area contributed by atoms with Crippen LogP contribution in [0.3, 0.4) is 0 Å². The molecule has 3 heterocycles. The number of pyridine rings is 1. The summed E-state index contributed by atoms with van der Waals surface area (Å²) in [5.41, 5.74) is 4.10. The van der Waals surface area contributed by atoms with Crippen LogP contribution in [0.5, 0.6) is 0 Å². The van der Waals surface area contributed by atoms with Gasteiger partial charge in [0.15, 0.2) is 5.65 Å². The number of aromatic nitrogens is 3. The molecule has 1 N–H and O–H groups in total. The van der Waals surface area contributed by atoms with Crippen LogP contribution in [-0.4, -0.2) is 15.0 Å². The molecule has 5 heteroatoms. The van der Waals surface area contributed by atoms with Gasteiger partial charge in [0.05, 0.1) is 5.52 Å². The molecule has 16 heavy (non-hydrogen) atoms. The zero-order valence-corrected chi connectivity index (χ0v) is 10.9. The van der Waals surface area contributed by atoms with Gasteiger partial charge >= 0.3 is 0 Å². The van der Waals surface area contributed by atoms with Gasteiger partial charge in [0.25, 0.3) is 0 Å². The molecule has 3 rings (SSSR count). The number of aromatic amines is 1. The fourth-order valence-electron chi connectivity index (χ4n) is 1.61. The van der Waals surface area contributed by atoms with Crippen molar-refractivity contribution >= 4 is 38.4 Å². The molecule has 3 nitrogen and oxygen atoms in total. The number of rotatable bonds is 1. The van der Waals surface area contributed by atoms with Gasteiger partial charge in [0, 0.05) is 21.6 Å². The normalized spacial score (nSPS) is 11.1. The van der Waals surface area contributed by atoms with Gasteiger partial charge in [-0.3, -0.25) is 0 Å². The highest BCUT2D eigenvalue weighted by molar-refractivity contribution is 9.10. The van der Waals surface area contributed by atoms with Crippen LogP contribution in [-0.2, 0) is 0 Å². The van der Waals surface area contributed by atoms with Crippen LogP contribution in [0.25, 0.3) is 22.6 Å². The number of H-pyrrole nitrogens is 1. The highest BCUT2D eigenvalue weighted by Crippen LogP contribution is 2.26. The summed E-state index contributed by atoms with van der Waals surface area (Å²) in [5, 5.41) is 4.22. The van der Waals surface area contributed by atoms with Crippen LogP contribution in [0.4, 0.5) is 0 Å². The Morgan fingerprint density at radius 3 is 3.00 bits per heavy atom. The first-order valence-corrected chi connectivity index (χ1v) is 6.52. The number of aryl methyl sites for hydroxylation is 1. The van der Waals surface area contributed by atoms with E-state index >= 15 is 0 Å². The molecule has 0 aliphatic rings. The molecular weight excluding hydrogens is 286 g/mol. The average Bonchev–Trinajstić information content (AvgIpc) is 2.82. The van der Waals surface area contributed by atoms with Crippen molar-refractivity contribution in [3.8, 4) is 11.4 Å². The van der Waals surface area contributed by atoms with Crippen molar-refractivity contribution in [1.82, 2.24) is 15.0 Å². The second-order valence-corrected chi connectivity index (χ2v) is 5.24. The molecule has 0 amide bonds. The van der Waals surface area contributed by atoms with E-state index in [0.717, 1.165) is 27.0 Å². The predicted molar refractivity (Wildman–Crippen MR) is 69.6 cm³/mol. The molecular formula is C11H8BrN3S. The lowest BCUT2D eigenvalue weighted by atomic mass is 10.2. The number of fused-ring (bicyclic) bond motifs is 1. The Hall–Kier alpha value is -1.20. The van der Waals surface area contributed by atoms with E-state index in [1.807, 2.05) is 6.07 Å². The third-order valence-corrected chi connectivity index (χ3v) is 3.71. The van der Waals surface area contributed by atoms with Gasteiger partial charge in [-0.1, -0.05) is 0 Å². The molecule has 0 aromatic carbocycles. The number of hydrogen-bond donors (Lipinski definition) is 1. The number of imidazole rings is 1. The molecule has 0 fully saturated rings. The first-order chi connectivity index (χ1) is 7.74. The number of nitrogens with zero attached hydrogens (tertiary/aromatic N) is 2. The molecule has 0 unspecified atom stereocenters. The van der Waals surface area contributed by atoms with E-state index in [1.54, 1.807) is 17.5 Å². The molecule has 0 spiro atoms. The monoisotopic (exact) mass is 293 g/mol. The fraction of sp³-hybridized carbons (Fsp3) is 0.0909. The van der Waals surface area contributed by atoms with Crippen LogP contribution in [0.1, 0.15) is 5.56 Å². The summed E-state index contributed by atoms with van der Waals surface area (Å²) < 4.78 is 0.956. The third-order valence-electron chi connectivity index (χ3n) is 2.41. The van der Waals surface area contributed by atoms with Crippen molar-refractivity contribution in [3.05, 3.63) is 33.1 Å². The maximum absolute atomic E-state index is 4.48. The molecule has 0 saturated heterocycles. The Labute approximate surface area is 105 Å². The third kappa shape index (κ3) is 1.56. The van der Waals surface area contributed by atoms with E-state index in [-0.39, 0.29) is 0 Å². The van der Waals surface area contributed by atoms with Gasteiger partial charge in [0.2, 0.25) is 0 Å². The minimum Gasteiger partial charge on any atom is -0.337 e. The van der Waals surface area contributed by atoms with E-state index in [0.29, 0.717) is 0 Å². The zero-order valence-electron chi connectivity index (χ0n) is 8.49. The lowest BCUT2D eigenvalue weighted by Crippen LogP contribution is -1.79. The van der Waals surface area contributed by atoms with E-state index in [2.05, 4.69) is 48.6 Å². The molecule has 3 aromatic heterocycles. The van der Waals surface area contributed by atoms with Crippen molar-refractivity contribution in [2.24, 2.45) is 0 Å². The molecule has 0 radical (unpaired) electrons. The molecule has 0 bridgehead atoms. The van der Waals surface area contributed by atoms with Crippen LogP contribution in [0, 0.1) is 6.92 Å². The van der Waals surface area contributed by atoms with Gasteiger partial charge in [-0.2, -0.15) is 11.3 Å². The van der Waals surface area contributed by atoms with Crippen molar-refractivity contribution in [3.63, 3.8) is 0 Å². The Morgan fingerprint density at radius 2 is 2.25 bits per heavy atom. The molecule has 0 aliphatic carbocycles. The number of halogens is 1. The fourth-order valence-corrected chi connectivity index (χ4v) is 2.77. The van der Waals surface area contributed by atoms with Crippen LogP contribution in [0.15, 0.2) is 27.5 Å². The summed E-state index contributed by atoms with van der Waals surface area (Å²) in [5.74, 6) is 0.888. The van der Waals surface area contributed by atoms with E-state index in [1.165, 1.54) is 5.56 Å². The second kappa shape index (κ2) is 3.68. The summed E-state index contributed by atoms with van der Waals surface area (Å²) in [6, 6.07) is 1.99. The van der Waals surface area contributed by atoms with Gasteiger partial charge < -0.3 is 4.98 Å². The predicted octanol–water partition coefficient (Wildman–Crippen LogP) is 3.76. The van der Waals surface area contributed by atoms with Gasteiger partial charge in [-0.25, -0.2) is 9.97 Å². The van der Waals surface area contributed by atoms with Crippen LogP contribution >= 0.6 is 27.3 Å². The lowest BCUT2D eigenvalue weighted by molar-refractivity contribution is 1.29. The maximum atomic E-state index is 4.48. The minimum atomic E-state index is 0.754. The molecule has 80 valence electrons. The van der Waals surface area contributed by atoms with Gasteiger partial charge in [0.1, 0.15) is 5.82 Å². The van der Waals surface area contributed by atoms with Crippen molar-refractivity contribution < 1.29 is 0 Å². The smallest absolute Gasteiger partial charge is 0.178 e. The molecule has 3 aromatic rings.